The van der Waals surface area contributed by atoms with Crippen molar-refractivity contribution in [1.29, 1.82) is 0 Å². The van der Waals surface area contributed by atoms with Gasteiger partial charge in [0.1, 0.15) is 0 Å². The summed E-state index contributed by atoms with van der Waals surface area (Å²) < 4.78 is 0. The molecule has 2 heteroatoms. The molecule has 66 valence electrons. The highest BCUT2D eigenvalue weighted by Crippen LogP contribution is 2.21. The van der Waals surface area contributed by atoms with Crippen LogP contribution < -0.4 is 11.5 Å². The molecule has 0 heterocycles. The molecule has 0 aliphatic carbocycles. The Hall–Kier alpha value is -1.54. The minimum Gasteiger partial charge on any atom is -0.399 e. The normalized spacial score (nSPS) is 10.5. The van der Waals surface area contributed by atoms with Crippen LogP contribution in [0.2, 0.25) is 0 Å². The standard InChI is InChI=1S/C11H12N2/c12-7-9-6-10(13)5-8-3-1-2-4-11(8)9/h1-6H,7,12-13H2. The average Bonchev–Trinajstić information content (AvgIpc) is 2.16. The summed E-state index contributed by atoms with van der Waals surface area (Å²) >= 11 is 0. The van der Waals surface area contributed by atoms with Gasteiger partial charge < -0.3 is 11.5 Å². The molecule has 0 saturated carbocycles. The minimum absolute atomic E-state index is 0.533. The van der Waals surface area contributed by atoms with Crippen LogP contribution in [0.15, 0.2) is 36.4 Å². The molecule has 0 atom stereocenters. The second-order valence-electron chi connectivity index (χ2n) is 3.11. The number of nitrogens with two attached hydrogens (primary N) is 2. The Morgan fingerprint density at radius 3 is 2.62 bits per heavy atom. The maximum Gasteiger partial charge on any atom is 0.0323 e. The quantitative estimate of drug-likeness (QED) is 0.645. The Labute approximate surface area is 77.2 Å². The summed E-state index contributed by atoms with van der Waals surface area (Å²) in [5.41, 5.74) is 13.3. The number of hydrogen-bond acceptors (Lipinski definition) is 2. The van der Waals surface area contributed by atoms with Gasteiger partial charge >= 0.3 is 0 Å². The van der Waals surface area contributed by atoms with Crippen molar-refractivity contribution in [2.75, 3.05) is 5.73 Å². The Morgan fingerprint density at radius 2 is 1.85 bits per heavy atom. The summed E-state index contributed by atoms with van der Waals surface area (Å²) in [6.07, 6.45) is 0. The second-order valence-corrected chi connectivity index (χ2v) is 3.11. The van der Waals surface area contributed by atoms with E-state index in [1.165, 1.54) is 5.39 Å². The Kier molecular flexibility index (Phi) is 1.91. The fraction of sp³-hybridized carbons (Fsp3) is 0.0909. The van der Waals surface area contributed by atoms with Crippen LogP contribution in [0.25, 0.3) is 10.8 Å². The zero-order valence-electron chi connectivity index (χ0n) is 7.33. The second kappa shape index (κ2) is 3.07. The van der Waals surface area contributed by atoms with Gasteiger partial charge in [-0.1, -0.05) is 24.3 Å². The van der Waals surface area contributed by atoms with Crippen LogP contribution in [-0.4, -0.2) is 0 Å². The summed E-state index contributed by atoms with van der Waals surface area (Å²) in [6, 6.07) is 12.0. The van der Waals surface area contributed by atoms with E-state index in [9.17, 15) is 0 Å². The third-order valence-electron chi connectivity index (χ3n) is 2.19. The van der Waals surface area contributed by atoms with Crippen molar-refractivity contribution in [3.63, 3.8) is 0 Å². The molecule has 0 radical (unpaired) electrons. The molecule has 0 saturated heterocycles. The average molecular weight is 172 g/mol. The van der Waals surface area contributed by atoms with E-state index in [2.05, 4.69) is 6.07 Å². The zero-order chi connectivity index (χ0) is 9.26. The fourth-order valence-electron chi connectivity index (χ4n) is 1.58. The van der Waals surface area contributed by atoms with Crippen LogP contribution in [0.1, 0.15) is 5.56 Å². The third-order valence-corrected chi connectivity index (χ3v) is 2.19. The van der Waals surface area contributed by atoms with Crippen molar-refractivity contribution in [1.82, 2.24) is 0 Å². The number of rotatable bonds is 1. The van der Waals surface area contributed by atoms with Gasteiger partial charge in [-0.15, -0.1) is 0 Å². The summed E-state index contributed by atoms with van der Waals surface area (Å²) in [4.78, 5) is 0. The summed E-state index contributed by atoms with van der Waals surface area (Å²) in [6.45, 7) is 0.533. The van der Waals surface area contributed by atoms with E-state index in [-0.39, 0.29) is 0 Å². The van der Waals surface area contributed by atoms with Crippen molar-refractivity contribution in [3.05, 3.63) is 42.0 Å². The van der Waals surface area contributed by atoms with Gasteiger partial charge in [-0.2, -0.15) is 0 Å². The van der Waals surface area contributed by atoms with E-state index < -0.39 is 0 Å². The first-order valence-corrected chi connectivity index (χ1v) is 4.28. The first-order valence-electron chi connectivity index (χ1n) is 4.28. The van der Waals surface area contributed by atoms with Crippen molar-refractivity contribution in [2.45, 2.75) is 6.54 Å². The molecule has 2 nitrogen and oxygen atoms in total. The zero-order valence-corrected chi connectivity index (χ0v) is 7.33. The summed E-state index contributed by atoms with van der Waals surface area (Å²) in [5, 5.41) is 2.35. The number of fused-ring (bicyclic) bond motifs is 1. The number of benzene rings is 2. The molecular formula is C11H12N2. The summed E-state index contributed by atoms with van der Waals surface area (Å²) in [5.74, 6) is 0. The number of anilines is 1. The lowest BCUT2D eigenvalue weighted by atomic mass is 10.0. The highest BCUT2D eigenvalue weighted by atomic mass is 14.6. The Balaban J connectivity index is 2.81. The molecule has 0 spiro atoms. The maximum absolute atomic E-state index is 5.74. The van der Waals surface area contributed by atoms with Gasteiger partial charge in [0, 0.05) is 12.2 Å². The summed E-state index contributed by atoms with van der Waals surface area (Å²) in [7, 11) is 0. The molecule has 0 unspecified atom stereocenters. The van der Waals surface area contributed by atoms with Gasteiger partial charge in [0.25, 0.3) is 0 Å². The SMILES string of the molecule is NCc1cc(N)cc2ccccc12. The molecule has 4 N–H and O–H groups in total. The van der Waals surface area contributed by atoms with Crippen molar-refractivity contribution in [3.8, 4) is 0 Å². The van der Waals surface area contributed by atoms with Gasteiger partial charge in [0.05, 0.1) is 0 Å². The first-order chi connectivity index (χ1) is 6.31. The molecule has 0 aliphatic rings. The van der Waals surface area contributed by atoms with Gasteiger partial charge in [-0.25, -0.2) is 0 Å². The molecular weight excluding hydrogens is 160 g/mol. The number of nitrogen functional groups attached to an aromatic ring is 1. The smallest absolute Gasteiger partial charge is 0.0323 e. The van der Waals surface area contributed by atoms with Crippen molar-refractivity contribution < 1.29 is 0 Å². The molecule has 0 bridgehead atoms. The maximum atomic E-state index is 5.74. The van der Waals surface area contributed by atoms with Crippen LogP contribution in [0, 0.1) is 0 Å². The molecule has 2 aromatic rings. The van der Waals surface area contributed by atoms with E-state index in [1.807, 2.05) is 30.3 Å². The van der Waals surface area contributed by atoms with E-state index in [0.29, 0.717) is 6.54 Å². The Bertz CT molecular complexity index is 435. The van der Waals surface area contributed by atoms with Crippen LogP contribution >= 0.6 is 0 Å². The monoisotopic (exact) mass is 172 g/mol. The molecule has 13 heavy (non-hydrogen) atoms. The predicted octanol–water partition coefficient (Wildman–Crippen LogP) is 1.88. The van der Waals surface area contributed by atoms with Gasteiger partial charge in [-0.3, -0.25) is 0 Å². The van der Waals surface area contributed by atoms with Gasteiger partial charge in [0.15, 0.2) is 0 Å². The predicted molar refractivity (Wildman–Crippen MR) is 56.3 cm³/mol. The Morgan fingerprint density at radius 1 is 1.08 bits per heavy atom. The largest absolute Gasteiger partial charge is 0.399 e. The van der Waals surface area contributed by atoms with Crippen LogP contribution in [-0.2, 0) is 6.54 Å². The van der Waals surface area contributed by atoms with E-state index in [1.54, 1.807) is 0 Å². The highest BCUT2D eigenvalue weighted by molar-refractivity contribution is 5.88. The lowest BCUT2D eigenvalue weighted by molar-refractivity contribution is 1.09. The molecule has 0 aliphatic heterocycles. The van der Waals surface area contributed by atoms with Gasteiger partial charge in [0.2, 0.25) is 0 Å². The molecule has 0 fully saturated rings. The van der Waals surface area contributed by atoms with E-state index in [4.69, 9.17) is 11.5 Å². The van der Waals surface area contributed by atoms with Crippen LogP contribution in [0.5, 0.6) is 0 Å². The van der Waals surface area contributed by atoms with Crippen LogP contribution in [0.3, 0.4) is 0 Å². The topological polar surface area (TPSA) is 52.0 Å². The highest BCUT2D eigenvalue weighted by Gasteiger charge is 1.99. The first kappa shape index (κ1) is 8.08. The lowest BCUT2D eigenvalue weighted by Gasteiger charge is -2.05. The third kappa shape index (κ3) is 1.36. The molecule has 0 amide bonds. The lowest BCUT2D eigenvalue weighted by Crippen LogP contribution is -1.98. The van der Waals surface area contributed by atoms with Crippen molar-refractivity contribution >= 4 is 16.5 Å². The van der Waals surface area contributed by atoms with E-state index in [0.717, 1.165) is 16.6 Å². The molecule has 2 rings (SSSR count). The minimum atomic E-state index is 0.533. The van der Waals surface area contributed by atoms with Crippen LogP contribution in [0.4, 0.5) is 5.69 Å². The number of hydrogen-bond donors (Lipinski definition) is 2. The molecule has 2 aromatic carbocycles. The van der Waals surface area contributed by atoms with Crippen molar-refractivity contribution in [2.24, 2.45) is 5.73 Å². The van der Waals surface area contributed by atoms with Gasteiger partial charge in [-0.05, 0) is 28.5 Å². The van der Waals surface area contributed by atoms with E-state index >= 15 is 0 Å². The fourth-order valence-corrected chi connectivity index (χ4v) is 1.58. The molecule has 0 aromatic heterocycles.